The molecule has 0 saturated heterocycles. The SMILES string of the molecule is O=C1c2c(Cl)c(Cl)c(Cl)c(Cl)c2C(=O)C1c1nc2c(ccc3ccccc32)s1. The Morgan fingerprint density at radius 2 is 1.39 bits per heavy atom. The number of benzene rings is 3. The van der Waals surface area contributed by atoms with Crippen molar-refractivity contribution in [1.29, 1.82) is 0 Å². The molecule has 3 aromatic carbocycles. The van der Waals surface area contributed by atoms with Crippen molar-refractivity contribution in [1.82, 2.24) is 4.98 Å². The van der Waals surface area contributed by atoms with E-state index in [9.17, 15) is 9.59 Å². The van der Waals surface area contributed by atoms with Gasteiger partial charge in [-0.05, 0) is 11.5 Å². The van der Waals surface area contributed by atoms with E-state index in [1.54, 1.807) is 0 Å². The van der Waals surface area contributed by atoms with Gasteiger partial charge in [-0.2, -0.15) is 0 Å². The molecule has 0 aliphatic heterocycles. The van der Waals surface area contributed by atoms with E-state index in [4.69, 9.17) is 46.4 Å². The predicted molar refractivity (Wildman–Crippen MR) is 115 cm³/mol. The predicted octanol–water partition coefficient (Wildman–Crippen LogP) is 7.23. The number of ketones is 2. The van der Waals surface area contributed by atoms with Gasteiger partial charge in [-0.3, -0.25) is 9.59 Å². The summed E-state index contributed by atoms with van der Waals surface area (Å²) >= 11 is 25.9. The number of nitrogens with zero attached hydrogens (tertiary/aromatic N) is 1. The zero-order chi connectivity index (χ0) is 19.7. The van der Waals surface area contributed by atoms with Gasteiger partial charge in [0.15, 0.2) is 11.6 Å². The summed E-state index contributed by atoms with van der Waals surface area (Å²) in [6, 6.07) is 11.7. The third-order valence-corrected chi connectivity index (χ3v) is 7.72. The number of hydrogen-bond acceptors (Lipinski definition) is 4. The highest BCUT2D eigenvalue weighted by Gasteiger charge is 2.45. The van der Waals surface area contributed by atoms with Crippen LogP contribution in [0.3, 0.4) is 0 Å². The van der Waals surface area contributed by atoms with Crippen molar-refractivity contribution in [2.75, 3.05) is 0 Å². The maximum Gasteiger partial charge on any atom is 0.182 e. The van der Waals surface area contributed by atoms with Crippen LogP contribution in [0.1, 0.15) is 31.6 Å². The molecular formula is C20H7Cl4NO2S. The largest absolute Gasteiger partial charge is 0.293 e. The van der Waals surface area contributed by atoms with Gasteiger partial charge in [0.1, 0.15) is 10.9 Å². The second kappa shape index (κ2) is 6.41. The van der Waals surface area contributed by atoms with Crippen LogP contribution in [0.2, 0.25) is 20.1 Å². The molecule has 0 radical (unpaired) electrons. The van der Waals surface area contributed by atoms with Gasteiger partial charge in [-0.15, -0.1) is 11.3 Å². The summed E-state index contributed by atoms with van der Waals surface area (Å²) in [6.45, 7) is 0. The topological polar surface area (TPSA) is 47.0 Å². The van der Waals surface area contributed by atoms with Crippen molar-refractivity contribution in [3.05, 3.63) is 72.6 Å². The molecule has 0 amide bonds. The summed E-state index contributed by atoms with van der Waals surface area (Å²) in [5.74, 6) is -2.03. The van der Waals surface area contributed by atoms with Crippen molar-refractivity contribution < 1.29 is 9.59 Å². The summed E-state index contributed by atoms with van der Waals surface area (Å²) in [6.07, 6.45) is 0. The average molecular weight is 467 g/mol. The first-order valence-electron chi connectivity index (χ1n) is 8.12. The molecule has 4 aromatic rings. The summed E-state index contributed by atoms with van der Waals surface area (Å²) in [4.78, 5) is 30.8. The minimum atomic E-state index is -1.10. The number of hydrogen-bond donors (Lipinski definition) is 0. The number of rotatable bonds is 1. The molecule has 0 unspecified atom stereocenters. The Hall–Kier alpha value is -1.69. The van der Waals surface area contributed by atoms with Crippen molar-refractivity contribution in [3.63, 3.8) is 0 Å². The van der Waals surface area contributed by atoms with Crippen LogP contribution in [0.15, 0.2) is 36.4 Å². The number of Topliss-reactive ketones (excluding diaryl/α,β-unsaturated/α-hetero) is 2. The van der Waals surface area contributed by atoms with Crippen LogP contribution in [-0.4, -0.2) is 16.6 Å². The fraction of sp³-hybridized carbons (Fsp3) is 0.0500. The quantitative estimate of drug-likeness (QED) is 0.169. The zero-order valence-corrected chi connectivity index (χ0v) is 17.6. The van der Waals surface area contributed by atoms with Gasteiger partial charge in [-0.25, -0.2) is 4.98 Å². The first kappa shape index (κ1) is 18.3. The number of fused-ring (bicyclic) bond motifs is 4. The highest BCUT2D eigenvalue weighted by atomic mass is 35.5. The number of aromatic nitrogens is 1. The smallest absolute Gasteiger partial charge is 0.182 e. The molecule has 1 aliphatic rings. The second-order valence-electron chi connectivity index (χ2n) is 6.35. The molecular weight excluding hydrogens is 460 g/mol. The van der Waals surface area contributed by atoms with E-state index in [2.05, 4.69) is 4.98 Å². The number of carbonyl (C=O) groups excluding carboxylic acids is 2. The Morgan fingerprint density at radius 1 is 0.786 bits per heavy atom. The maximum atomic E-state index is 13.1. The lowest BCUT2D eigenvalue weighted by molar-refractivity contribution is 0.0890. The minimum absolute atomic E-state index is 0.0141. The van der Waals surface area contributed by atoms with Crippen molar-refractivity contribution >= 4 is 90.3 Å². The molecule has 28 heavy (non-hydrogen) atoms. The van der Waals surface area contributed by atoms with Crippen LogP contribution >= 0.6 is 57.7 Å². The lowest BCUT2D eigenvalue weighted by atomic mass is 10.1. The van der Waals surface area contributed by atoms with Crippen LogP contribution in [0.5, 0.6) is 0 Å². The maximum absolute atomic E-state index is 13.1. The van der Waals surface area contributed by atoms with Gasteiger partial charge in [0, 0.05) is 5.39 Å². The third-order valence-electron chi connectivity index (χ3n) is 4.83. The zero-order valence-electron chi connectivity index (χ0n) is 13.7. The van der Waals surface area contributed by atoms with Crippen LogP contribution in [0, 0.1) is 0 Å². The summed E-state index contributed by atoms with van der Waals surface area (Å²) < 4.78 is 0.888. The van der Waals surface area contributed by atoms with E-state index in [1.165, 1.54) is 11.3 Å². The summed E-state index contributed by atoms with van der Waals surface area (Å²) in [5, 5.41) is 2.20. The summed E-state index contributed by atoms with van der Waals surface area (Å²) in [5.41, 5.74) is 0.781. The van der Waals surface area contributed by atoms with Crippen molar-refractivity contribution in [3.8, 4) is 0 Å². The normalized spacial score (nSPS) is 14.4. The first-order valence-corrected chi connectivity index (χ1v) is 10.5. The molecule has 1 heterocycles. The van der Waals surface area contributed by atoms with E-state index < -0.39 is 17.5 Å². The van der Waals surface area contributed by atoms with Gasteiger partial charge in [0.05, 0.1) is 41.4 Å². The Labute approximate surface area is 182 Å². The fourth-order valence-corrected chi connectivity index (χ4v) is 5.65. The molecule has 5 rings (SSSR count). The molecule has 0 spiro atoms. The molecule has 1 aromatic heterocycles. The molecule has 138 valence electrons. The van der Waals surface area contributed by atoms with E-state index in [0.717, 1.165) is 21.0 Å². The minimum Gasteiger partial charge on any atom is -0.293 e. The molecule has 0 fully saturated rings. The van der Waals surface area contributed by atoms with Crippen molar-refractivity contribution in [2.24, 2.45) is 0 Å². The van der Waals surface area contributed by atoms with Gasteiger partial charge in [0.2, 0.25) is 0 Å². The highest BCUT2D eigenvalue weighted by molar-refractivity contribution is 7.19. The molecule has 0 atom stereocenters. The standard InChI is InChI=1S/C20H7Cl4NO2S/c21-13-10-11(14(22)16(24)15(13)23)19(27)12(18(10)26)20-25-17-8-4-2-1-3-7(8)5-6-9(17)28-20/h1-6,12H. The van der Waals surface area contributed by atoms with E-state index in [1.807, 2.05) is 36.4 Å². The Kier molecular flexibility index (Phi) is 4.20. The van der Waals surface area contributed by atoms with Crippen LogP contribution in [0.4, 0.5) is 0 Å². The van der Waals surface area contributed by atoms with Crippen LogP contribution < -0.4 is 0 Å². The number of thiazole rings is 1. The summed E-state index contributed by atoms with van der Waals surface area (Å²) in [7, 11) is 0. The Balaban J connectivity index is 1.74. The molecule has 0 N–H and O–H groups in total. The van der Waals surface area contributed by atoms with Crippen LogP contribution in [0.25, 0.3) is 21.0 Å². The van der Waals surface area contributed by atoms with Crippen molar-refractivity contribution in [2.45, 2.75) is 5.92 Å². The lowest BCUT2D eigenvalue weighted by Gasteiger charge is -2.07. The van der Waals surface area contributed by atoms with Gasteiger partial charge in [0.25, 0.3) is 0 Å². The van der Waals surface area contributed by atoms with Gasteiger partial charge < -0.3 is 0 Å². The van der Waals surface area contributed by atoms with E-state index in [0.29, 0.717) is 5.01 Å². The molecule has 1 aliphatic carbocycles. The first-order chi connectivity index (χ1) is 13.4. The van der Waals surface area contributed by atoms with Gasteiger partial charge in [-0.1, -0.05) is 76.7 Å². The van der Waals surface area contributed by atoms with E-state index >= 15 is 0 Å². The fourth-order valence-electron chi connectivity index (χ4n) is 3.53. The van der Waals surface area contributed by atoms with Crippen LogP contribution in [-0.2, 0) is 0 Å². The Bertz CT molecular complexity index is 1310. The molecule has 0 bridgehead atoms. The number of halogens is 4. The number of carbonyl (C=O) groups is 2. The molecule has 8 heteroatoms. The van der Waals surface area contributed by atoms with E-state index in [-0.39, 0.29) is 31.2 Å². The second-order valence-corrected chi connectivity index (χ2v) is 8.93. The average Bonchev–Trinajstić information content (AvgIpc) is 3.23. The monoisotopic (exact) mass is 465 g/mol. The molecule has 3 nitrogen and oxygen atoms in total. The lowest BCUT2D eigenvalue weighted by Crippen LogP contribution is -2.12. The highest BCUT2D eigenvalue weighted by Crippen LogP contribution is 2.49. The van der Waals surface area contributed by atoms with Gasteiger partial charge >= 0.3 is 0 Å². The third kappa shape index (κ3) is 2.39. The molecule has 0 saturated carbocycles. The Morgan fingerprint density at radius 3 is 2.04 bits per heavy atom.